The van der Waals surface area contributed by atoms with Crippen LogP contribution in [0, 0.1) is 17.4 Å². The Hall–Kier alpha value is -2.18. The fraction of sp³-hybridized carbons (Fsp3) is 0.250. The van der Waals surface area contributed by atoms with Gasteiger partial charge in [-0.15, -0.1) is 0 Å². The van der Waals surface area contributed by atoms with Crippen LogP contribution in [0.15, 0.2) is 57.2 Å². The number of amides is 1. The number of nitrogens with one attached hydrogen (secondary N) is 1. The van der Waals surface area contributed by atoms with Gasteiger partial charge in [-0.1, -0.05) is 39.8 Å². The molecule has 1 amide bonds. The van der Waals surface area contributed by atoms with E-state index in [1.165, 1.54) is 11.8 Å². The van der Waals surface area contributed by atoms with Crippen molar-refractivity contribution in [1.29, 1.82) is 0 Å². The molecule has 1 aromatic heterocycles. The van der Waals surface area contributed by atoms with Gasteiger partial charge >= 0.3 is 0 Å². The second-order valence-electron chi connectivity index (χ2n) is 7.19. The second kappa shape index (κ2) is 13.1. The number of carbonyl (C=O) groups is 1. The van der Waals surface area contributed by atoms with Gasteiger partial charge in [-0.25, -0.2) is 15.4 Å². The van der Waals surface area contributed by atoms with Crippen LogP contribution >= 0.6 is 50.3 Å². The SMILES string of the molecule is CCOc1cc(/C=N\NC(=O)CSc2nc(C)cc(C)n2)cc(I)c1OCc1ccc(Br)cc1. The van der Waals surface area contributed by atoms with Gasteiger partial charge in [0.1, 0.15) is 6.61 Å². The Kier molecular flexibility index (Phi) is 10.1. The van der Waals surface area contributed by atoms with Crippen LogP contribution in [0.5, 0.6) is 11.5 Å². The van der Waals surface area contributed by atoms with E-state index in [2.05, 4.69) is 59.0 Å². The number of carbonyl (C=O) groups excluding carboxylic acids is 1. The first kappa shape index (κ1) is 26.4. The van der Waals surface area contributed by atoms with Gasteiger partial charge < -0.3 is 9.47 Å². The highest BCUT2D eigenvalue weighted by Gasteiger charge is 2.12. The highest BCUT2D eigenvalue weighted by atomic mass is 127. The predicted octanol–water partition coefficient (Wildman–Crippen LogP) is 5.68. The maximum absolute atomic E-state index is 12.2. The molecule has 1 heterocycles. The van der Waals surface area contributed by atoms with Crippen LogP contribution in [-0.2, 0) is 11.4 Å². The summed E-state index contributed by atoms with van der Waals surface area (Å²) in [5.74, 6) is 1.24. The van der Waals surface area contributed by atoms with Crippen molar-refractivity contribution in [2.45, 2.75) is 32.5 Å². The highest BCUT2D eigenvalue weighted by Crippen LogP contribution is 2.34. The summed E-state index contributed by atoms with van der Waals surface area (Å²) in [6.45, 7) is 6.65. The van der Waals surface area contributed by atoms with Gasteiger partial charge in [0.2, 0.25) is 0 Å². The third-order valence-corrected chi connectivity index (χ3v) is 6.50. The van der Waals surface area contributed by atoms with Gasteiger partial charge in [0, 0.05) is 15.9 Å². The van der Waals surface area contributed by atoms with E-state index in [4.69, 9.17) is 9.47 Å². The number of hydrogen-bond donors (Lipinski definition) is 1. The molecule has 10 heteroatoms. The van der Waals surface area contributed by atoms with E-state index in [1.807, 2.05) is 63.2 Å². The topological polar surface area (TPSA) is 85.7 Å². The Bertz CT molecular complexity index is 1160. The first-order valence-corrected chi connectivity index (χ1v) is 13.3. The number of aryl methyl sites for hydroxylation is 2. The molecule has 2 aromatic carbocycles. The normalized spacial score (nSPS) is 11.0. The number of hydrogen-bond acceptors (Lipinski definition) is 7. The van der Waals surface area contributed by atoms with Crippen LogP contribution in [0.1, 0.15) is 29.4 Å². The number of halogens is 2. The molecule has 3 aromatic rings. The van der Waals surface area contributed by atoms with Gasteiger partial charge in [-0.3, -0.25) is 4.79 Å². The Labute approximate surface area is 225 Å². The Morgan fingerprint density at radius 2 is 1.85 bits per heavy atom. The molecule has 178 valence electrons. The van der Waals surface area contributed by atoms with Gasteiger partial charge in [-0.2, -0.15) is 5.10 Å². The molecule has 0 bridgehead atoms. The molecule has 0 aliphatic heterocycles. The van der Waals surface area contributed by atoms with Crippen LogP contribution < -0.4 is 14.9 Å². The summed E-state index contributed by atoms with van der Waals surface area (Å²) in [7, 11) is 0. The molecule has 1 N–H and O–H groups in total. The Morgan fingerprint density at radius 3 is 2.53 bits per heavy atom. The lowest BCUT2D eigenvalue weighted by Crippen LogP contribution is -2.19. The molecule has 34 heavy (non-hydrogen) atoms. The number of nitrogens with zero attached hydrogens (tertiary/aromatic N) is 3. The van der Waals surface area contributed by atoms with E-state index in [1.54, 1.807) is 6.21 Å². The number of rotatable bonds is 10. The summed E-state index contributed by atoms with van der Waals surface area (Å²) in [4.78, 5) is 20.8. The maximum atomic E-state index is 12.2. The summed E-state index contributed by atoms with van der Waals surface area (Å²) >= 11 is 6.92. The van der Waals surface area contributed by atoms with Crippen LogP contribution in [0.4, 0.5) is 0 Å². The van der Waals surface area contributed by atoms with Crippen LogP contribution in [0.2, 0.25) is 0 Å². The average molecular weight is 655 g/mol. The van der Waals surface area contributed by atoms with E-state index in [-0.39, 0.29) is 11.7 Å². The van der Waals surface area contributed by atoms with Gasteiger partial charge in [0.05, 0.1) is 22.1 Å². The highest BCUT2D eigenvalue weighted by molar-refractivity contribution is 14.1. The van der Waals surface area contributed by atoms with Crippen LogP contribution in [0.3, 0.4) is 0 Å². The lowest BCUT2D eigenvalue weighted by molar-refractivity contribution is -0.118. The lowest BCUT2D eigenvalue weighted by atomic mass is 10.2. The molecule has 0 spiro atoms. The molecule has 0 fully saturated rings. The zero-order valence-electron chi connectivity index (χ0n) is 19.0. The van der Waals surface area contributed by atoms with E-state index in [0.29, 0.717) is 29.9 Å². The quantitative estimate of drug-likeness (QED) is 0.0996. The van der Waals surface area contributed by atoms with Crippen molar-refractivity contribution >= 4 is 62.4 Å². The fourth-order valence-electron chi connectivity index (χ4n) is 2.90. The second-order valence-corrected chi connectivity index (χ2v) is 10.2. The van der Waals surface area contributed by atoms with Gasteiger partial charge in [0.25, 0.3) is 5.91 Å². The largest absolute Gasteiger partial charge is 0.490 e. The van der Waals surface area contributed by atoms with Crippen molar-refractivity contribution in [1.82, 2.24) is 15.4 Å². The first-order chi connectivity index (χ1) is 16.3. The molecule has 0 radical (unpaired) electrons. The number of hydrazone groups is 1. The first-order valence-electron chi connectivity index (χ1n) is 10.4. The van der Waals surface area contributed by atoms with Crippen molar-refractivity contribution < 1.29 is 14.3 Å². The predicted molar refractivity (Wildman–Crippen MR) is 147 cm³/mol. The summed E-state index contributed by atoms with van der Waals surface area (Å²) in [5, 5.41) is 4.66. The van der Waals surface area contributed by atoms with Crippen molar-refractivity contribution in [2.24, 2.45) is 5.10 Å². The summed E-state index contributed by atoms with van der Waals surface area (Å²) in [6.07, 6.45) is 1.58. The third-order valence-electron chi connectivity index (χ3n) is 4.33. The van der Waals surface area contributed by atoms with Crippen molar-refractivity contribution in [3.8, 4) is 11.5 Å². The minimum Gasteiger partial charge on any atom is -0.490 e. The average Bonchev–Trinajstić information content (AvgIpc) is 2.78. The van der Waals surface area contributed by atoms with E-state index < -0.39 is 0 Å². The lowest BCUT2D eigenvalue weighted by Gasteiger charge is -2.15. The molecule has 0 aliphatic carbocycles. The van der Waals surface area contributed by atoms with Gasteiger partial charge in [-0.05, 0) is 84.8 Å². The standard InChI is InChI=1S/C24H24BrIN4O3S/c1-4-32-21-11-18(10-20(26)23(21)33-13-17-5-7-19(25)8-6-17)12-27-30-22(31)14-34-24-28-15(2)9-16(3)29-24/h5-12H,4,13-14H2,1-3H3,(H,30,31)/b27-12-. The molecular weight excluding hydrogens is 631 g/mol. The van der Waals surface area contributed by atoms with E-state index in [9.17, 15) is 4.79 Å². The monoisotopic (exact) mass is 654 g/mol. The third kappa shape index (κ3) is 8.24. The number of thioether (sulfide) groups is 1. The van der Waals surface area contributed by atoms with E-state index in [0.717, 1.165) is 30.6 Å². The Balaban J connectivity index is 1.61. The molecule has 0 saturated heterocycles. The van der Waals surface area contributed by atoms with Crippen LogP contribution in [0.25, 0.3) is 0 Å². The zero-order chi connectivity index (χ0) is 24.5. The molecule has 7 nitrogen and oxygen atoms in total. The molecule has 0 aliphatic rings. The van der Waals surface area contributed by atoms with Crippen molar-refractivity contribution in [3.63, 3.8) is 0 Å². The molecule has 0 unspecified atom stereocenters. The van der Waals surface area contributed by atoms with Crippen molar-refractivity contribution in [2.75, 3.05) is 12.4 Å². The smallest absolute Gasteiger partial charge is 0.250 e. The van der Waals surface area contributed by atoms with Gasteiger partial charge in [0.15, 0.2) is 16.7 Å². The minimum atomic E-state index is -0.238. The summed E-state index contributed by atoms with van der Waals surface area (Å²) in [5.41, 5.74) is 6.13. The number of aromatic nitrogens is 2. The van der Waals surface area contributed by atoms with Crippen LogP contribution in [-0.4, -0.2) is 34.4 Å². The summed E-state index contributed by atoms with van der Waals surface area (Å²) in [6, 6.07) is 13.6. The molecule has 0 atom stereocenters. The molecular formula is C24H24BrIN4O3S. The van der Waals surface area contributed by atoms with E-state index >= 15 is 0 Å². The Morgan fingerprint density at radius 1 is 1.15 bits per heavy atom. The summed E-state index contributed by atoms with van der Waals surface area (Å²) < 4.78 is 13.8. The zero-order valence-corrected chi connectivity index (χ0v) is 23.5. The maximum Gasteiger partial charge on any atom is 0.250 e. The fourth-order valence-corrected chi connectivity index (χ4v) is 4.69. The number of ether oxygens (including phenoxy) is 2. The van der Waals surface area contributed by atoms with Crippen molar-refractivity contribution in [3.05, 3.63) is 73.0 Å². The molecule has 0 saturated carbocycles. The minimum absolute atomic E-state index is 0.171. The number of benzene rings is 2. The molecule has 3 rings (SSSR count).